The number of hydrogen-bond acceptors (Lipinski definition) is 4. The fourth-order valence-corrected chi connectivity index (χ4v) is 1.54. The van der Waals surface area contributed by atoms with Crippen molar-refractivity contribution >= 4 is 24.4 Å². The van der Waals surface area contributed by atoms with Gasteiger partial charge in [0.2, 0.25) is 0 Å². The minimum absolute atomic E-state index is 0.199. The number of imide groups is 1. The number of fused-ring (bicyclic) bond motifs is 1. The molecular weight excluding hydrogens is 197 g/mol. The third kappa shape index (κ3) is 1.34. The molecule has 0 fully saturated rings. The van der Waals surface area contributed by atoms with Crippen LogP contribution in [0.5, 0.6) is 0 Å². The van der Waals surface area contributed by atoms with Crippen LogP contribution in [0.15, 0.2) is 18.2 Å². The fraction of sp³-hybridized carbons (Fsp3) is 0.111. The lowest BCUT2D eigenvalue weighted by Gasteiger charge is -2.02. The number of nitrogens with zero attached hydrogens (tertiary/aromatic N) is 1. The number of benzene rings is 1. The van der Waals surface area contributed by atoms with E-state index >= 15 is 0 Å². The van der Waals surface area contributed by atoms with Crippen molar-refractivity contribution in [3.8, 4) is 0 Å². The Morgan fingerprint density at radius 2 is 1.73 bits per heavy atom. The van der Waals surface area contributed by atoms with E-state index in [0.29, 0.717) is 5.56 Å². The number of amides is 2. The van der Waals surface area contributed by atoms with Crippen LogP contribution in [0.1, 0.15) is 20.7 Å². The average molecular weight is 205 g/mol. The molecule has 1 heterocycles. The maximum absolute atomic E-state index is 11.5. The first-order valence-corrected chi connectivity index (χ1v) is 4.35. The summed E-state index contributed by atoms with van der Waals surface area (Å²) in [5.74, 6) is -0.786. The van der Waals surface area contributed by atoms with Gasteiger partial charge in [0.15, 0.2) is 0 Å². The second kappa shape index (κ2) is 3.18. The lowest BCUT2D eigenvalue weighted by atomic mass is 9.79. The van der Waals surface area contributed by atoms with Crippen molar-refractivity contribution < 1.29 is 19.6 Å². The second-order valence-electron chi connectivity index (χ2n) is 3.35. The Morgan fingerprint density at radius 3 is 2.33 bits per heavy atom. The Labute approximate surface area is 86.1 Å². The van der Waals surface area contributed by atoms with Gasteiger partial charge in [-0.25, -0.2) is 0 Å². The molecule has 0 spiro atoms. The molecule has 1 aromatic carbocycles. The average Bonchev–Trinajstić information content (AvgIpc) is 2.44. The van der Waals surface area contributed by atoms with E-state index in [-0.39, 0.29) is 16.9 Å². The highest BCUT2D eigenvalue weighted by Crippen LogP contribution is 2.19. The molecule has 0 aliphatic carbocycles. The molecule has 1 aromatic rings. The highest BCUT2D eigenvalue weighted by molar-refractivity contribution is 6.58. The van der Waals surface area contributed by atoms with Crippen LogP contribution in [0.3, 0.4) is 0 Å². The van der Waals surface area contributed by atoms with Crippen molar-refractivity contribution in [3.63, 3.8) is 0 Å². The van der Waals surface area contributed by atoms with Gasteiger partial charge in [-0.2, -0.15) is 0 Å². The molecule has 2 amide bonds. The topological polar surface area (TPSA) is 77.8 Å². The fourth-order valence-electron chi connectivity index (χ4n) is 1.54. The summed E-state index contributed by atoms with van der Waals surface area (Å²) in [6, 6.07) is 4.16. The lowest BCUT2D eigenvalue weighted by Crippen LogP contribution is -2.30. The van der Waals surface area contributed by atoms with Crippen LogP contribution in [0, 0.1) is 0 Å². The van der Waals surface area contributed by atoms with E-state index in [9.17, 15) is 9.59 Å². The molecule has 0 unspecified atom stereocenters. The van der Waals surface area contributed by atoms with Gasteiger partial charge in [0, 0.05) is 7.05 Å². The molecule has 1 aliphatic rings. The van der Waals surface area contributed by atoms with Crippen LogP contribution in [0.25, 0.3) is 0 Å². The summed E-state index contributed by atoms with van der Waals surface area (Å²) in [4.78, 5) is 24.0. The van der Waals surface area contributed by atoms with E-state index < -0.39 is 13.0 Å². The summed E-state index contributed by atoms with van der Waals surface area (Å²) in [6.07, 6.45) is 0. The molecule has 2 N–H and O–H groups in total. The largest absolute Gasteiger partial charge is 0.488 e. The smallest absolute Gasteiger partial charge is 0.423 e. The molecule has 15 heavy (non-hydrogen) atoms. The van der Waals surface area contributed by atoms with Crippen LogP contribution < -0.4 is 5.46 Å². The normalized spacial score (nSPS) is 14.5. The highest BCUT2D eigenvalue weighted by Gasteiger charge is 2.33. The second-order valence-corrected chi connectivity index (χ2v) is 3.35. The van der Waals surface area contributed by atoms with Crippen molar-refractivity contribution in [3.05, 3.63) is 29.3 Å². The first kappa shape index (κ1) is 9.88. The van der Waals surface area contributed by atoms with Crippen molar-refractivity contribution in [1.29, 1.82) is 0 Å². The van der Waals surface area contributed by atoms with E-state index in [0.717, 1.165) is 4.90 Å². The van der Waals surface area contributed by atoms with Gasteiger partial charge in [-0.15, -0.1) is 0 Å². The summed E-state index contributed by atoms with van der Waals surface area (Å²) in [5, 5.41) is 17.8. The summed E-state index contributed by atoms with van der Waals surface area (Å²) >= 11 is 0. The highest BCUT2D eigenvalue weighted by atomic mass is 16.4. The SMILES string of the molecule is CN1C(=O)c2ccc(B(O)O)cc2C1=O. The first-order valence-electron chi connectivity index (χ1n) is 4.35. The van der Waals surface area contributed by atoms with Crippen LogP contribution >= 0.6 is 0 Å². The number of carbonyl (C=O) groups excluding carboxylic acids is 2. The van der Waals surface area contributed by atoms with E-state index in [2.05, 4.69) is 0 Å². The summed E-state index contributed by atoms with van der Waals surface area (Å²) in [5.41, 5.74) is 0.713. The molecule has 2 rings (SSSR count). The summed E-state index contributed by atoms with van der Waals surface area (Å²) in [6.45, 7) is 0. The van der Waals surface area contributed by atoms with Gasteiger partial charge in [0.05, 0.1) is 11.1 Å². The van der Waals surface area contributed by atoms with Gasteiger partial charge in [-0.3, -0.25) is 14.5 Å². The Hall–Kier alpha value is -1.66. The summed E-state index contributed by atoms with van der Waals surface area (Å²) in [7, 11) is -0.246. The van der Waals surface area contributed by atoms with Gasteiger partial charge >= 0.3 is 7.12 Å². The molecule has 0 saturated heterocycles. The third-order valence-electron chi connectivity index (χ3n) is 2.41. The van der Waals surface area contributed by atoms with E-state index in [1.807, 2.05) is 0 Å². The Morgan fingerprint density at radius 1 is 1.13 bits per heavy atom. The number of rotatable bonds is 1. The zero-order valence-corrected chi connectivity index (χ0v) is 7.97. The molecule has 0 radical (unpaired) electrons. The van der Waals surface area contributed by atoms with Crippen molar-refractivity contribution in [2.45, 2.75) is 0 Å². The van der Waals surface area contributed by atoms with Crippen molar-refractivity contribution in [2.75, 3.05) is 7.05 Å². The molecule has 0 saturated carbocycles. The lowest BCUT2D eigenvalue weighted by molar-refractivity contribution is 0.0693. The predicted octanol–water partition coefficient (Wildman–Crippen LogP) is -1.41. The standard InChI is InChI=1S/C9H8BNO4/c1-11-8(12)6-3-2-5(10(14)15)4-7(6)9(11)13/h2-4,14-15H,1H3. The zero-order valence-electron chi connectivity index (χ0n) is 7.97. The molecule has 6 heteroatoms. The number of carbonyl (C=O) groups is 2. The van der Waals surface area contributed by atoms with Gasteiger partial charge in [0.1, 0.15) is 0 Å². The number of hydrogen-bond donors (Lipinski definition) is 2. The van der Waals surface area contributed by atoms with Gasteiger partial charge in [-0.05, 0) is 17.6 Å². The first-order chi connectivity index (χ1) is 7.02. The van der Waals surface area contributed by atoms with Crippen LogP contribution in [0.4, 0.5) is 0 Å². The molecule has 0 atom stereocenters. The van der Waals surface area contributed by atoms with Crippen LogP contribution in [-0.2, 0) is 0 Å². The Balaban J connectivity index is 2.57. The van der Waals surface area contributed by atoms with Gasteiger partial charge in [-0.1, -0.05) is 6.07 Å². The molecule has 0 bridgehead atoms. The van der Waals surface area contributed by atoms with Crippen molar-refractivity contribution in [2.24, 2.45) is 0 Å². The molecule has 1 aliphatic heterocycles. The van der Waals surface area contributed by atoms with E-state index in [1.54, 1.807) is 0 Å². The van der Waals surface area contributed by atoms with E-state index in [1.165, 1.54) is 25.2 Å². The Kier molecular flexibility index (Phi) is 2.10. The van der Waals surface area contributed by atoms with Gasteiger partial charge < -0.3 is 10.0 Å². The maximum Gasteiger partial charge on any atom is 0.488 e. The zero-order chi connectivity index (χ0) is 11.2. The van der Waals surface area contributed by atoms with Crippen molar-refractivity contribution in [1.82, 2.24) is 4.90 Å². The van der Waals surface area contributed by atoms with Crippen LogP contribution in [0.2, 0.25) is 0 Å². The minimum atomic E-state index is -1.64. The molecule has 5 nitrogen and oxygen atoms in total. The predicted molar refractivity (Wildman–Crippen MR) is 52.7 cm³/mol. The molecular formula is C9H8BNO4. The maximum atomic E-state index is 11.5. The van der Waals surface area contributed by atoms with E-state index in [4.69, 9.17) is 10.0 Å². The van der Waals surface area contributed by atoms with Crippen LogP contribution in [-0.4, -0.2) is 40.9 Å². The monoisotopic (exact) mass is 205 g/mol. The molecule has 0 aromatic heterocycles. The molecule has 76 valence electrons. The minimum Gasteiger partial charge on any atom is -0.423 e. The van der Waals surface area contributed by atoms with Gasteiger partial charge in [0.25, 0.3) is 11.8 Å². The third-order valence-corrected chi connectivity index (χ3v) is 2.41. The summed E-state index contributed by atoms with van der Waals surface area (Å²) < 4.78 is 0. The Bertz CT molecular complexity index is 457. The quantitative estimate of drug-likeness (QED) is 0.436.